The average Bonchev–Trinajstić information content (AvgIpc) is 2.45. The zero-order valence-electron chi connectivity index (χ0n) is 10.9. The predicted octanol–water partition coefficient (Wildman–Crippen LogP) is 3.81. The Kier molecular flexibility index (Phi) is 4.08. The molecular weight excluding hydrogens is 355 g/mol. The van der Waals surface area contributed by atoms with Gasteiger partial charge in [-0.2, -0.15) is 13.2 Å². The van der Waals surface area contributed by atoms with Gasteiger partial charge in [-0.25, -0.2) is 9.78 Å². The van der Waals surface area contributed by atoms with Crippen LogP contribution in [0.15, 0.2) is 22.7 Å². The van der Waals surface area contributed by atoms with Crippen LogP contribution in [0.2, 0.25) is 0 Å². The van der Waals surface area contributed by atoms with Gasteiger partial charge < -0.3 is 9.47 Å². The van der Waals surface area contributed by atoms with Gasteiger partial charge in [-0.1, -0.05) is 0 Å². The minimum absolute atomic E-state index is 0.0365. The number of ether oxygens (including phenoxy) is 2. The molecule has 4 nitrogen and oxygen atoms in total. The molecule has 0 fully saturated rings. The standard InChI is InChI=1S/C13H9BrF3NO3/c1-20-6-3-4-8-7(5-6)10(14)9(12(19)21-2)11(18-8)13(15,16)17/h3-5H,1-2H3. The van der Waals surface area contributed by atoms with E-state index in [-0.39, 0.29) is 9.99 Å². The van der Waals surface area contributed by atoms with Crippen molar-refractivity contribution in [1.29, 1.82) is 0 Å². The Labute approximate surface area is 126 Å². The van der Waals surface area contributed by atoms with Crippen molar-refractivity contribution in [1.82, 2.24) is 4.98 Å². The van der Waals surface area contributed by atoms with Crippen LogP contribution in [0, 0.1) is 0 Å². The number of fused-ring (bicyclic) bond motifs is 1. The number of esters is 1. The number of methoxy groups -OCH3 is 2. The van der Waals surface area contributed by atoms with Crippen molar-refractivity contribution >= 4 is 32.8 Å². The number of aromatic nitrogens is 1. The first-order chi connectivity index (χ1) is 9.79. The van der Waals surface area contributed by atoms with Gasteiger partial charge in [0.2, 0.25) is 0 Å². The molecule has 0 bridgehead atoms. The van der Waals surface area contributed by atoms with Crippen molar-refractivity contribution in [2.24, 2.45) is 0 Å². The minimum atomic E-state index is -4.78. The van der Waals surface area contributed by atoms with Crippen LogP contribution in [-0.4, -0.2) is 25.2 Å². The number of nitrogens with zero attached hydrogens (tertiary/aromatic N) is 1. The number of benzene rings is 1. The second kappa shape index (κ2) is 5.51. The van der Waals surface area contributed by atoms with E-state index in [9.17, 15) is 18.0 Å². The molecule has 8 heteroatoms. The van der Waals surface area contributed by atoms with E-state index in [1.807, 2.05) is 0 Å². The highest BCUT2D eigenvalue weighted by molar-refractivity contribution is 9.10. The smallest absolute Gasteiger partial charge is 0.434 e. The van der Waals surface area contributed by atoms with Crippen LogP contribution in [-0.2, 0) is 10.9 Å². The summed E-state index contributed by atoms with van der Waals surface area (Å²) in [6.07, 6.45) is -4.78. The third-order valence-electron chi connectivity index (χ3n) is 2.79. The van der Waals surface area contributed by atoms with E-state index in [4.69, 9.17) is 4.74 Å². The van der Waals surface area contributed by atoms with Gasteiger partial charge in [-0.15, -0.1) is 0 Å². The third kappa shape index (κ3) is 2.80. The second-order valence-corrected chi connectivity index (χ2v) is 4.81. The number of carbonyl (C=O) groups excluding carboxylic acids is 1. The second-order valence-electron chi connectivity index (χ2n) is 4.02. The number of carbonyl (C=O) groups is 1. The Morgan fingerprint density at radius 1 is 1.29 bits per heavy atom. The summed E-state index contributed by atoms with van der Waals surface area (Å²) in [6.45, 7) is 0. The molecule has 0 N–H and O–H groups in total. The number of pyridine rings is 1. The molecule has 21 heavy (non-hydrogen) atoms. The number of alkyl halides is 3. The summed E-state index contributed by atoms with van der Waals surface area (Å²) >= 11 is 3.03. The Hall–Kier alpha value is -1.83. The van der Waals surface area contributed by atoms with Gasteiger partial charge in [0.1, 0.15) is 11.3 Å². The van der Waals surface area contributed by atoms with Gasteiger partial charge in [-0.3, -0.25) is 0 Å². The molecule has 2 aromatic rings. The molecule has 0 saturated carbocycles. The third-order valence-corrected chi connectivity index (χ3v) is 3.61. The number of hydrogen-bond acceptors (Lipinski definition) is 4. The van der Waals surface area contributed by atoms with E-state index in [1.54, 1.807) is 0 Å². The maximum Gasteiger partial charge on any atom is 0.434 e. The molecule has 0 atom stereocenters. The normalized spacial score (nSPS) is 11.5. The van der Waals surface area contributed by atoms with Gasteiger partial charge in [0.25, 0.3) is 0 Å². The van der Waals surface area contributed by atoms with E-state index < -0.39 is 23.4 Å². The van der Waals surface area contributed by atoms with Crippen LogP contribution in [0.1, 0.15) is 16.1 Å². The van der Waals surface area contributed by atoms with Gasteiger partial charge in [0, 0.05) is 9.86 Å². The van der Waals surface area contributed by atoms with Crippen molar-refractivity contribution < 1.29 is 27.4 Å². The summed E-state index contributed by atoms with van der Waals surface area (Å²) in [5.74, 6) is -0.688. The fraction of sp³-hybridized carbons (Fsp3) is 0.231. The zero-order chi connectivity index (χ0) is 15.8. The fourth-order valence-electron chi connectivity index (χ4n) is 1.82. The molecule has 0 radical (unpaired) electrons. The molecule has 0 aliphatic heterocycles. The van der Waals surface area contributed by atoms with Crippen molar-refractivity contribution in [2.75, 3.05) is 14.2 Å². The summed E-state index contributed by atoms with van der Waals surface area (Å²) in [6, 6.07) is 4.36. The van der Waals surface area contributed by atoms with Crippen LogP contribution < -0.4 is 4.74 Å². The highest BCUT2D eigenvalue weighted by Crippen LogP contribution is 2.38. The van der Waals surface area contributed by atoms with Gasteiger partial charge >= 0.3 is 12.1 Å². The molecular formula is C13H9BrF3NO3. The first kappa shape index (κ1) is 15.6. The van der Waals surface area contributed by atoms with E-state index in [2.05, 4.69) is 25.7 Å². The lowest BCUT2D eigenvalue weighted by Gasteiger charge is -2.14. The van der Waals surface area contributed by atoms with Crippen LogP contribution in [0.4, 0.5) is 13.2 Å². The van der Waals surface area contributed by atoms with Crippen LogP contribution in [0.3, 0.4) is 0 Å². The lowest BCUT2D eigenvalue weighted by molar-refractivity contribution is -0.141. The zero-order valence-corrected chi connectivity index (χ0v) is 12.5. The highest BCUT2D eigenvalue weighted by atomic mass is 79.9. The lowest BCUT2D eigenvalue weighted by Crippen LogP contribution is -2.17. The van der Waals surface area contributed by atoms with Crippen LogP contribution in [0.5, 0.6) is 5.75 Å². The minimum Gasteiger partial charge on any atom is -0.497 e. The average molecular weight is 364 g/mol. The maximum absolute atomic E-state index is 13.1. The number of hydrogen-bond donors (Lipinski definition) is 0. The Morgan fingerprint density at radius 3 is 2.48 bits per heavy atom. The largest absolute Gasteiger partial charge is 0.497 e. The molecule has 0 spiro atoms. The summed E-state index contributed by atoms with van der Waals surface area (Å²) in [4.78, 5) is 15.2. The first-order valence-corrected chi connectivity index (χ1v) is 6.41. The highest BCUT2D eigenvalue weighted by Gasteiger charge is 2.39. The Balaban J connectivity index is 2.87. The van der Waals surface area contributed by atoms with Crippen molar-refractivity contribution in [3.8, 4) is 5.75 Å². The van der Waals surface area contributed by atoms with Gasteiger partial charge in [0.15, 0.2) is 5.69 Å². The molecule has 2 rings (SSSR count). The number of halogens is 4. The Bertz CT molecular complexity index is 716. The molecule has 1 aromatic carbocycles. The maximum atomic E-state index is 13.1. The summed E-state index contributed by atoms with van der Waals surface area (Å²) in [5, 5.41) is 0.322. The van der Waals surface area contributed by atoms with Gasteiger partial charge in [0.05, 0.1) is 19.7 Å². The van der Waals surface area contributed by atoms with Crippen molar-refractivity contribution in [2.45, 2.75) is 6.18 Å². The Morgan fingerprint density at radius 2 is 1.95 bits per heavy atom. The molecule has 1 heterocycles. The van der Waals surface area contributed by atoms with Crippen LogP contribution >= 0.6 is 15.9 Å². The molecule has 112 valence electrons. The summed E-state index contributed by atoms with van der Waals surface area (Å²) in [7, 11) is 2.43. The molecule has 1 aromatic heterocycles. The molecule has 0 aliphatic carbocycles. The van der Waals surface area contributed by atoms with Crippen molar-refractivity contribution in [3.05, 3.63) is 33.9 Å². The number of rotatable bonds is 2. The van der Waals surface area contributed by atoms with E-state index >= 15 is 0 Å². The fourth-order valence-corrected chi connectivity index (χ4v) is 2.49. The topological polar surface area (TPSA) is 48.4 Å². The molecule has 0 unspecified atom stereocenters. The molecule has 0 amide bonds. The van der Waals surface area contributed by atoms with E-state index in [0.29, 0.717) is 11.1 Å². The first-order valence-electron chi connectivity index (χ1n) is 5.62. The predicted molar refractivity (Wildman–Crippen MR) is 72.3 cm³/mol. The lowest BCUT2D eigenvalue weighted by atomic mass is 10.1. The summed E-state index contributed by atoms with van der Waals surface area (Å²) < 4.78 is 48.6. The quantitative estimate of drug-likeness (QED) is 0.761. The molecule has 0 saturated heterocycles. The SMILES string of the molecule is COC(=O)c1c(C(F)(F)F)nc2ccc(OC)cc2c1Br. The van der Waals surface area contributed by atoms with E-state index in [0.717, 1.165) is 7.11 Å². The summed E-state index contributed by atoms with van der Waals surface area (Å²) in [5.41, 5.74) is -1.87. The van der Waals surface area contributed by atoms with Crippen molar-refractivity contribution in [3.63, 3.8) is 0 Å². The van der Waals surface area contributed by atoms with Gasteiger partial charge in [-0.05, 0) is 34.1 Å². The monoisotopic (exact) mass is 363 g/mol. The van der Waals surface area contributed by atoms with Crippen LogP contribution in [0.25, 0.3) is 10.9 Å². The van der Waals surface area contributed by atoms with E-state index in [1.165, 1.54) is 25.3 Å². The molecule has 0 aliphatic rings.